The SMILES string of the molecule is CN(C(=O)CC1NC(=O)NC1=O)C1C2CCC1CN(CCCNc1ccc(C#N)cc1)C2. The van der Waals surface area contributed by atoms with Crippen LogP contribution in [0.3, 0.4) is 0 Å². The average molecular weight is 439 g/mol. The Morgan fingerprint density at radius 2 is 1.91 bits per heavy atom. The number of imide groups is 1. The maximum atomic E-state index is 12.8. The van der Waals surface area contributed by atoms with Gasteiger partial charge < -0.3 is 20.4 Å². The molecule has 0 aromatic heterocycles. The molecule has 3 fully saturated rings. The minimum atomic E-state index is -0.765. The van der Waals surface area contributed by atoms with Crippen molar-refractivity contribution in [2.45, 2.75) is 37.8 Å². The van der Waals surface area contributed by atoms with E-state index in [2.05, 4.69) is 26.9 Å². The van der Waals surface area contributed by atoms with E-state index in [1.165, 1.54) is 0 Å². The van der Waals surface area contributed by atoms with Gasteiger partial charge in [-0.1, -0.05) is 0 Å². The third-order valence-corrected chi connectivity index (χ3v) is 6.93. The van der Waals surface area contributed by atoms with Crippen LogP contribution >= 0.6 is 0 Å². The van der Waals surface area contributed by atoms with E-state index < -0.39 is 18.0 Å². The monoisotopic (exact) mass is 438 g/mol. The normalized spacial score (nSPS) is 26.9. The number of hydrogen-bond donors (Lipinski definition) is 3. The Labute approximate surface area is 188 Å². The standard InChI is InChI=1S/C23H30N6O3/c1-28(20(30)11-19-22(31)27-23(32)26-19)21-16-5-6-17(21)14-29(13-16)10-2-9-25-18-7-3-15(12-24)4-8-18/h3-4,7-8,16-17,19,21,25H,2,5-6,9-11,13-14H2,1H3,(H2,26,27,31,32). The highest BCUT2D eigenvalue weighted by atomic mass is 16.2. The largest absolute Gasteiger partial charge is 0.385 e. The topological polar surface area (TPSA) is 118 Å². The van der Waals surface area contributed by atoms with Gasteiger partial charge in [0.2, 0.25) is 5.91 Å². The van der Waals surface area contributed by atoms with Crippen molar-refractivity contribution in [1.82, 2.24) is 20.4 Å². The molecule has 2 aliphatic heterocycles. The second-order valence-electron chi connectivity index (χ2n) is 9.04. The van der Waals surface area contributed by atoms with Crippen LogP contribution < -0.4 is 16.0 Å². The Kier molecular flexibility index (Phi) is 6.61. The summed E-state index contributed by atoms with van der Waals surface area (Å²) in [5, 5.41) is 17.0. The molecule has 170 valence electrons. The number of hydrogen-bond acceptors (Lipinski definition) is 6. The Morgan fingerprint density at radius 3 is 2.50 bits per heavy atom. The summed E-state index contributed by atoms with van der Waals surface area (Å²) in [6.45, 7) is 3.84. The highest BCUT2D eigenvalue weighted by Crippen LogP contribution is 2.39. The Hall–Kier alpha value is -3.12. The zero-order valence-corrected chi connectivity index (χ0v) is 18.3. The number of rotatable bonds is 8. The molecular formula is C23H30N6O3. The quantitative estimate of drug-likeness (QED) is 0.414. The summed E-state index contributed by atoms with van der Waals surface area (Å²) < 4.78 is 0. The molecule has 2 bridgehead atoms. The number of fused-ring (bicyclic) bond motifs is 2. The maximum absolute atomic E-state index is 12.8. The van der Waals surface area contributed by atoms with Crippen molar-refractivity contribution in [3.8, 4) is 6.07 Å². The Morgan fingerprint density at radius 1 is 1.22 bits per heavy atom. The van der Waals surface area contributed by atoms with Gasteiger partial charge >= 0.3 is 6.03 Å². The van der Waals surface area contributed by atoms with Crippen molar-refractivity contribution in [3.63, 3.8) is 0 Å². The first-order valence-electron chi connectivity index (χ1n) is 11.3. The van der Waals surface area contributed by atoms with Crippen molar-refractivity contribution in [1.29, 1.82) is 5.26 Å². The lowest BCUT2D eigenvalue weighted by molar-refractivity contribution is -0.137. The minimum Gasteiger partial charge on any atom is -0.385 e. The van der Waals surface area contributed by atoms with Gasteiger partial charge in [0.1, 0.15) is 6.04 Å². The predicted octanol–water partition coefficient (Wildman–Crippen LogP) is 1.13. The lowest BCUT2D eigenvalue weighted by Crippen LogP contribution is -2.54. The average Bonchev–Trinajstić information content (AvgIpc) is 3.24. The van der Waals surface area contributed by atoms with E-state index >= 15 is 0 Å². The van der Waals surface area contributed by atoms with Crippen molar-refractivity contribution in [2.24, 2.45) is 11.8 Å². The second kappa shape index (κ2) is 9.57. The van der Waals surface area contributed by atoms with Gasteiger partial charge in [-0.05, 0) is 61.9 Å². The molecule has 3 unspecified atom stereocenters. The first-order chi connectivity index (χ1) is 15.4. The fraction of sp³-hybridized carbons (Fsp3) is 0.565. The molecule has 3 N–H and O–H groups in total. The first kappa shape index (κ1) is 22.1. The molecule has 9 nitrogen and oxygen atoms in total. The second-order valence-corrected chi connectivity index (χ2v) is 9.04. The van der Waals surface area contributed by atoms with Gasteiger partial charge in [-0.15, -0.1) is 0 Å². The van der Waals surface area contributed by atoms with Gasteiger partial charge in [0.05, 0.1) is 18.1 Å². The number of nitriles is 1. The molecule has 1 aromatic carbocycles. The van der Waals surface area contributed by atoms with Crippen LogP contribution in [0, 0.1) is 23.2 Å². The number of piperidine rings is 1. The number of carbonyl (C=O) groups excluding carboxylic acids is 3. The molecular weight excluding hydrogens is 408 g/mol. The summed E-state index contributed by atoms with van der Waals surface area (Å²) in [7, 11) is 1.84. The zero-order chi connectivity index (χ0) is 22.7. The lowest BCUT2D eigenvalue weighted by atomic mass is 9.90. The molecule has 4 amide bonds. The van der Waals surface area contributed by atoms with Crippen molar-refractivity contribution in [2.75, 3.05) is 38.5 Å². The van der Waals surface area contributed by atoms with Crippen LogP contribution in [0.25, 0.3) is 0 Å². The van der Waals surface area contributed by atoms with Gasteiger partial charge in [0.25, 0.3) is 5.91 Å². The fourth-order valence-electron chi connectivity index (χ4n) is 5.39. The third kappa shape index (κ3) is 4.86. The predicted molar refractivity (Wildman–Crippen MR) is 119 cm³/mol. The summed E-state index contributed by atoms with van der Waals surface area (Å²) in [6, 6.07) is 8.52. The molecule has 0 spiro atoms. The smallest absolute Gasteiger partial charge is 0.322 e. The molecule has 1 saturated carbocycles. The highest BCUT2D eigenvalue weighted by Gasteiger charge is 2.45. The van der Waals surface area contributed by atoms with Gasteiger partial charge in [-0.2, -0.15) is 5.26 Å². The summed E-state index contributed by atoms with van der Waals surface area (Å²) in [4.78, 5) is 40.2. The molecule has 3 atom stereocenters. The van der Waals surface area contributed by atoms with E-state index in [0.717, 1.165) is 51.1 Å². The van der Waals surface area contributed by atoms with E-state index in [9.17, 15) is 14.4 Å². The van der Waals surface area contributed by atoms with Crippen LogP contribution in [0.15, 0.2) is 24.3 Å². The first-order valence-corrected chi connectivity index (χ1v) is 11.3. The van der Waals surface area contributed by atoms with Gasteiger partial charge in [0, 0.05) is 38.4 Å². The number of amides is 4. The maximum Gasteiger partial charge on any atom is 0.322 e. The Balaban J connectivity index is 1.22. The number of urea groups is 1. The lowest BCUT2D eigenvalue weighted by Gasteiger charge is -2.42. The molecule has 4 rings (SSSR count). The van der Waals surface area contributed by atoms with Crippen LogP contribution in [0.2, 0.25) is 0 Å². The minimum absolute atomic E-state index is 0.00867. The van der Waals surface area contributed by atoms with Gasteiger partial charge in [-0.3, -0.25) is 14.9 Å². The van der Waals surface area contributed by atoms with Gasteiger partial charge in [-0.25, -0.2) is 4.79 Å². The van der Waals surface area contributed by atoms with Crippen LogP contribution in [-0.2, 0) is 9.59 Å². The van der Waals surface area contributed by atoms with Crippen LogP contribution in [0.4, 0.5) is 10.5 Å². The molecule has 3 aliphatic rings. The van der Waals surface area contributed by atoms with E-state index in [4.69, 9.17) is 5.26 Å². The molecule has 32 heavy (non-hydrogen) atoms. The van der Waals surface area contributed by atoms with Crippen molar-refractivity contribution in [3.05, 3.63) is 29.8 Å². The third-order valence-electron chi connectivity index (χ3n) is 6.93. The molecule has 0 radical (unpaired) electrons. The summed E-state index contributed by atoms with van der Waals surface area (Å²) >= 11 is 0. The van der Waals surface area contributed by atoms with Crippen LogP contribution in [-0.4, -0.2) is 73.0 Å². The molecule has 1 aromatic rings. The number of anilines is 1. The molecule has 2 heterocycles. The number of benzene rings is 1. The Bertz CT molecular complexity index is 897. The summed E-state index contributed by atoms with van der Waals surface area (Å²) in [6.07, 6.45) is 3.27. The molecule has 9 heteroatoms. The number of likely N-dealkylation sites (tertiary alicyclic amines) is 1. The van der Waals surface area contributed by atoms with Gasteiger partial charge in [0.15, 0.2) is 0 Å². The highest BCUT2D eigenvalue weighted by molar-refractivity contribution is 6.05. The molecule has 2 saturated heterocycles. The van der Waals surface area contributed by atoms with E-state index in [1.54, 1.807) is 0 Å². The number of carbonyl (C=O) groups is 3. The summed E-state index contributed by atoms with van der Waals surface area (Å²) in [5.74, 6) is 0.376. The van der Waals surface area contributed by atoms with Crippen molar-refractivity contribution >= 4 is 23.5 Å². The summed E-state index contributed by atoms with van der Waals surface area (Å²) in [5.41, 5.74) is 1.68. The van der Waals surface area contributed by atoms with E-state index in [1.807, 2.05) is 36.2 Å². The zero-order valence-electron chi connectivity index (χ0n) is 18.3. The fourth-order valence-corrected chi connectivity index (χ4v) is 5.39. The number of nitrogens with one attached hydrogen (secondary N) is 3. The molecule has 1 aliphatic carbocycles. The van der Waals surface area contributed by atoms with Crippen LogP contribution in [0.1, 0.15) is 31.2 Å². The number of nitrogens with zero attached hydrogens (tertiary/aromatic N) is 3. The van der Waals surface area contributed by atoms with E-state index in [-0.39, 0.29) is 18.4 Å². The van der Waals surface area contributed by atoms with Crippen molar-refractivity contribution < 1.29 is 14.4 Å². The van der Waals surface area contributed by atoms with Crippen LogP contribution in [0.5, 0.6) is 0 Å². The van der Waals surface area contributed by atoms with E-state index in [0.29, 0.717) is 17.4 Å².